The van der Waals surface area contributed by atoms with Crippen LogP contribution in [0.1, 0.15) is 10.4 Å². The topological polar surface area (TPSA) is 67.2 Å². The maximum atomic E-state index is 11.0. The SMILES string of the molecule is O=C(O)c1ccc(Cl)cc1NCCn1ccnc1. The van der Waals surface area contributed by atoms with E-state index in [2.05, 4.69) is 10.3 Å². The molecule has 2 N–H and O–H groups in total. The van der Waals surface area contributed by atoms with Gasteiger partial charge in [-0.15, -0.1) is 0 Å². The monoisotopic (exact) mass is 265 g/mol. The lowest BCUT2D eigenvalue weighted by Crippen LogP contribution is -2.12. The number of imidazole rings is 1. The largest absolute Gasteiger partial charge is 0.478 e. The minimum atomic E-state index is -0.975. The van der Waals surface area contributed by atoms with Crippen LogP contribution in [0.2, 0.25) is 5.02 Å². The number of nitrogens with one attached hydrogen (secondary N) is 1. The fraction of sp³-hybridized carbons (Fsp3) is 0.167. The van der Waals surface area contributed by atoms with Crippen LogP contribution in [-0.4, -0.2) is 27.2 Å². The summed E-state index contributed by atoms with van der Waals surface area (Å²) in [5, 5.41) is 12.6. The number of hydrogen-bond acceptors (Lipinski definition) is 3. The molecule has 1 heterocycles. The molecule has 0 radical (unpaired) electrons. The summed E-state index contributed by atoms with van der Waals surface area (Å²) in [5.74, 6) is -0.975. The molecule has 94 valence electrons. The Balaban J connectivity index is 2.03. The lowest BCUT2D eigenvalue weighted by molar-refractivity contribution is 0.0698. The molecule has 0 spiro atoms. The third-order valence-corrected chi connectivity index (χ3v) is 2.69. The first-order chi connectivity index (χ1) is 8.66. The zero-order chi connectivity index (χ0) is 13.0. The molecule has 0 aliphatic carbocycles. The second-order valence-corrected chi connectivity index (χ2v) is 4.16. The number of aromatic carboxylic acids is 1. The summed E-state index contributed by atoms with van der Waals surface area (Å²) in [7, 11) is 0. The van der Waals surface area contributed by atoms with E-state index in [1.54, 1.807) is 24.7 Å². The molecule has 0 saturated carbocycles. The van der Waals surface area contributed by atoms with Gasteiger partial charge in [-0.25, -0.2) is 9.78 Å². The van der Waals surface area contributed by atoms with Crippen molar-refractivity contribution >= 4 is 23.3 Å². The number of carbonyl (C=O) groups is 1. The highest BCUT2D eigenvalue weighted by Gasteiger charge is 2.09. The molecule has 0 atom stereocenters. The highest BCUT2D eigenvalue weighted by Crippen LogP contribution is 2.20. The Labute approximate surface area is 109 Å². The number of benzene rings is 1. The van der Waals surface area contributed by atoms with Crippen molar-refractivity contribution in [3.8, 4) is 0 Å². The number of aromatic nitrogens is 2. The molecule has 5 nitrogen and oxygen atoms in total. The van der Waals surface area contributed by atoms with Crippen molar-refractivity contribution < 1.29 is 9.90 Å². The Morgan fingerprint density at radius 3 is 3.00 bits per heavy atom. The molecule has 0 aliphatic heterocycles. The molecule has 0 fully saturated rings. The standard InChI is InChI=1S/C12H12ClN3O2/c13-9-1-2-10(12(17)18)11(7-9)15-4-6-16-5-3-14-8-16/h1-3,5,7-8,15H,4,6H2,(H,17,18). The van der Waals surface area contributed by atoms with Gasteiger partial charge in [0.15, 0.2) is 0 Å². The average Bonchev–Trinajstić information content (AvgIpc) is 2.82. The van der Waals surface area contributed by atoms with Crippen LogP contribution in [0.3, 0.4) is 0 Å². The molecule has 1 aromatic carbocycles. The zero-order valence-corrected chi connectivity index (χ0v) is 10.3. The van der Waals surface area contributed by atoms with Gasteiger partial charge < -0.3 is 15.0 Å². The van der Waals surface area contributed by atoms with Crippen molar-refractivity contribution in [2.45, 2.75) is 6.54 Å². The van der Waals surface area contributed by atoms with E-state index in [1.807, 2.05) is 10.8 Å². The van der Waals surface area contributed by atoms with E-state index < -0.39 is 5.97 Å². The summed E-state index contributed by atoms with van der Waals surface area (Å²) in [6.07, 6.45) is 5.25. The number of nitrogens with zero attached hydrogens (tertiary/aromatic N) is 2. The molecule has 6 heteroatoms. The Morgan fingerprint density at radius 2 is 2.33 bits per heavy atom. The zero-order valence-electron chi connectivity index (χ0n) is 9.51. The minimum Gasteiger partial charge on any atom is -0.478 e. The highest BCUT2D eigenvalue weighted by atomic mass is 35.5. The third-order valence-electron chi connectivity index (χ3n) is 2.46. The van der Waals surface area contributed by atoms with Crippen LogP contribution in [0.5, 0.6) is 0 Å². The molecule has 0 unspecified atom stereocenters. The van der Waals surface area contributed by atoms with Gasteiger partial charge in [-0.1, -0.05) is 11.6 Å². The fourth-order valence-corrected chi connectivity index (χ4v) is 1.76. The van der Waals surface area contributed by atoms with Gasteiger partial charge >= 0.3 is 5.97 Å². The molecular weight excluding hydrogens is 254 g/mol. The van der Waals surface area contributed by atoms with Gasteiger partial charge in [0.05, 0.1) is 17.6 Å². The molecule has 2 rings (SSSR count). The molecule has 18 heavy (non-hydrogen) atoms. The number of rotatable bonds is 5. The van der Waals surface area contributed by atoms with Crippen LogP contribution in [0.15, 0.2) is 36.9 Å². The Kier molecular flexibility index (Phi) is 3.84. The first kappa shape index (κ1) is 12.4. The molecule has 0 bridgehead atoms. The normalized spacial score (nSPS) is 10.3. The first-order valence-corrected chi connectivity index (χ1v) is 5.77. The lowest BCUT2D eigenvalue weighted by atomic mass is 10.2. The molecule has 1 aromatic heterocycles. The van der Waals surface area contributed by atoms with Gasteiger partial charge in [0.2, 0.25) is 0 Å². The number of anilines is 1. The van der Waals surface area contributed by atoms with Crippen molar-refractivity contribution in [1.29, 1.82) is 0 Å². The summed E-state index contributed by atoms with van der Waals surface area (Å²) in [6.45, 7) is 1.29. The van der Waals surface area contributed by atoms with E-state index >= 15 is 0 Å². The van der Waals surface area contributed by atoms with E-state index in [0.29, 0.717) is 23.8 Å². The van der Waals surface area contributed by atoms with Gasteiger partial charge in [-0.05, 0) is 18.2 Å². The summed E-state index contributed by atoms with van der Waals surface area (Å²) in [4.78, 5) is 15.0. The number of halogens is 1. The van der Waals surface area contributed by atoms with Gasteiger partial charge in [-0.3, -0.25) is 0 Å². The summed E-state index contributed by atoms with van der Waals surface area (Å²) in [6, 6.07) is 4.66. The van der Waals surface area contributed by atoms with Crippen LogP contribution in [0.25, 0.3) is 0 Å². The quantitative estimate of drug-likeness (QED) is 0.871. The number of carboxylic acids is 1. The predicted octanol–water partition coefficient (Wildman–Crippen LogP) is 2.35. The second-order valence-electron chi connectivity index (χ2n) is 3.72. The average molecular weight is 266 g/mol. The number of hydrogen-bond donors (Lipinski definition) is 2. The van der Waals surface area contributed by atoms with Crippen molar-refractivity contribution in [1.82, 2.24) is 9.55 Å². The molecule has 0 saturated heterocycles. The Hall–Kier alpha value is -2.01. The molecule has 0 aliphatic rings. The third kappa shape index (κ3) is 3.01. The maximum Gasteiger partial charge on any atom is 0.337 e. The van der Waals surface area contributed by atoms with E-state index in [4.69, 9.17) is 16.7 Å². The van der Waals surface area contributed by atoms with Crippen molar-refractivity contribution in [2.75, 3.05) is 11.9 Å². The van der Waals surface area contributed by atoms with E-state index in [0.717, 1.165) is 0 Å². The smallest absolute Gasteiger partial charge is 0.337 e. The molecule has 2 aromatic rings. The van der Waals surface area contributed by atoms with Gasteiger partial charge in [0, 0.05) is 30.5 Å². The molecular formula is C12H12ClN3O2. The fourth-order valence-electron chi connectivity index (χ4n) is 1.59. The Morgan fingerprint density at radius 1 is 1.50 bits per heavy atom. The summed E-state index contributed by atoms with van der Waals surface area (Å²) >= 11 is 5.85. The van der Waals surface area contributed by atoms with Crippen LogP contribution in [0.4, 0.5) is 5.69 Å². The Bertz CT molecular complexity index is 540. The minimum absolute atomic E-state index is 0.213. The van der Waals surface area contributed by atoms with Crippen molar-refractivity contribution in [3.63, 3.8) is 0 Å². The predicted molar refractivity (Wildman–Crippen MR) is 69.1 cm³/mol. The van der Waals surface area contributed by atoms with E-state index in [9.17, 15) is 4.79 Å². The van der Waals surface area contributed by atoms with Crippen LogP contribution >= 0.6 is 11.6 Å². The van der Waals surface area contributed by atoms with Crippen LogP contribution in [0, 0.1) is 0 Å². The number of carboxylic acid groups (broad SMARTS) is 1. The van der Waals surface area contributed by atoms with Gasteiger partial charge in [0.1, 0.15) is 0 Å². The summed E-state index contributed by atoms with van der Waals surface area (Å²) < 4.78 is 1.90. The second kappa shape index (κ2) is 5.55. The van der Waals surface area contributed by atoms with Crippen LogP contribution in [-0.2, 0) is 6.54 Å². The van der Waals surface area contributed by atoms with E-state index in [-0.39, 0.29) is 5.56 Å². The van der Waals surface area contributed by atoms with Crippen molar-refractivity contribution in [2.24, 2.45) is 0 Å². The van der Waals surface area contributed by atoms with Gasteiger partial charge in [0.25, 0.3) is 0 Å². The molecule has 0 amide bonds. The van der Waals surface area contributed by atoms with Crippen LogP contribution < -0.4 is 5.32 Å². The van der Waals surface area contributed by atoms with E-state index in [1.165, 1.54) is 6.07 Å². The first-order valence-electron chi connectivity index (χ1n) is 5.39. The van der Waals surface area contributed by atoms with Gasteiger partial charge in [-0.2, -0.15) is 0 Å². The highest BCUT2D eigenvalue weighted by molar-refractivity contribution is 6.31. The lowest BCUT2D eigenvalue weighted by Gasteiger charge is -2.10. The summed E-state index contributed by atoms with van der Waals surface area (Å²) in [5.41, 5.74) is 0.736. The maximum absolute atomic E-state index is 11.0. The van der Waals surface area contributed by atoms with Crippen molar-refractivity contribution in [3.05, 3.63) is 47.5 Å².